The van der Waals surface area contributed by atoms with Gasteiger partial charge in [-0.05, 0) is 24.6 Å². The fraction of sp³-hybridized carbons (Fsp3) is 0.238. The number of esters is 1. The van der Waals surface area contributed by atoms with Crippen LogP contribution in [0.2, 0.25) is 0 Å². The molecule has 0 aliphatic carbocycles. The smallest absolute Gasteiger partial charge is 0.343 e. The van der Waals surface area contributed by atoms with E-state index in [9.17, 15) is 23.9 Å². The minimum absolute atomic E-state index is 0.0334. The van der Waals surface area contributed by atoms with Gasteiger partial charge in [0.1, 0.15) is 12.4 Å². The normalized spacial score (nSPS) is 19.1. The van der Waals surface area contributed by atoms with Crippen molar-refractivity contribution >= 4 is 29.0 Å². The maximum atomic E-state index is 14.2. The molecule has 9 heteroatoms. The molecular weight excluding hydrogens is 393 g/mol. The number of amides is 1. The summed E-state index contributed by atoms with van der Waals surface area (Å²) < 4.78 is 20.8. The molecule has 2 N–H and O–H groups in total. The number of ether oxygens (including phenoxy) is 1. The van der Waals surface area contributed by atoms with E-state index in [1.165, 1.54) is 16.7 Å². The topological polar surface area (TPSA) is 111 Å². The molecule has 0 saturated heterocycles. The Hall–Kier alpha value is -3.59. The summed E-state index contributed by atoms with van der Waals surface area (Å²) in [6, 6.07) is 6.07. The van der Waals surface area contributed by atoms with Crippen molar-refractivity contribution in [3.63, 3.8) is 0 Å². The number of fused-ring (bicyclic) bond motifs is 5. The lowest BCUT2D eigenvalue weighted by Gasteiger charge is -2.31. The highest BCUT2D eigenvalue weighted by Gasteiger charge is 2.45. The number of rotatable bonds is 3. The van der Waals surface area contributed by atoms with Gasteiger partial charge in [0.25, 0.3) is 5.56 Å². The maximum absolute atomic E-state index is 14.2. The molecule has 30 heavy (non-hydrogen) atoms. The van der Waals surface area contributed by atoms with E-state index in [4.69, 9.17) is 4.74 Å². The molecule has 8 nitrogen and oxygen atoms in total. The van der Waals surface area contributed by atoms with Crippen LogP contribution in [0.4, 0.5) is 10.1 Å². The van der Waals surface area contributed by atoms with Crippen molar-refractivity contribution in [1.82, 2.24) is 9.55 Å². The van der Waals surface area contributed by atoms with Crippen LogP contribution < -0.4 is 10.9 Å². The molecular formula is C21H16FN3O5. The first-order valence-electron chi connectivity index (χ1n) is 9.38. The molecule has 1 unspecified atom stereocenters. The molecule has 0 fully saturated rings. The first-order valence-corrected chi connectivity index (χ1v) is 9.38. The average Bonchev–Trinajstić information content (AvgIpc) is 3.08. The van der Waals surface area contributed by atoms with Crippen LogP contribution in [0.5, 0.6) is 0 Å². The van der Waals surface area contributed by atoms with Crippen LogP contribution in [-0.4, -0.2) is 27.0 Å². The SMILES string of the molecule is CCC1(O)C(=O)OCc2c1cc1n(c2=O)Cc2cc3cc(NC=O)c(F)cc3nc2-1. The number of anilines is 1. The molecule has 0 radical (unpaired) electrons. The Kier molecular flexibility index (Phi) is 3.81. The number of pyridine rings is 2. The number of cyclic esters (lactones) is 1. The number of hydrogen-bond donors (Lipinski definition) is 2. The average molecular weight is 409 g/mol. The molecule has 1 amide bonds. The van der Waals surface area contributed by atoms with Crippen molar-refractivity contribution < 1.29 is 23.8 Å². The number of nitrogens with zero attached hydrogens (tertiary/aromatic N) is 2. The van der Waals surface area contributed by atoms with Crippen LogP contribution in [0.1, 0.15) is 30.0 Å². The standard InChI is InChI=1S/C21H16FN3O5/c1-2-21(29)13-5-17-18-11(7-25(17)19(27)12(13)8-30-20(21)28)3-10-4-16(23-9-26)14(22)6-15(10)24-18/h3-6,9,29H,2,7-8H2,1H3,(H,23,26). The van der Waals surface area contributed by atoms with Gasteiger partial charge in [0.15, 0.2) is 5.60 Å². The fourth-order valence-corrected chi connectivity index (χ4v) is 4.18. The second-order valence-electron chi connectivity index (χ2n) is 7.39. The predicted octanol–water partition coefficient (Wildman–Crippen LogP) is 1.79. The Labute approximate surface area is 168 Å². The van der Waals surface area contributed by atoms with E-state index >= 15 is 0 Å². The number of carbonyl (C=O) groups excluding carboxylic acids is 2. The maximum Gasteiger partial charge on any atom is 0.343 e. The van der Waals surface area contributed by atoms with Crippen molar-refractivity contribution in [3.05, 3.63) is 57.1 Å². The third-order valence-corrected chi connectivity index (χ3v) is 5.81. The van der Waals surface area contributed by atoms with E-state index in [1.54, 1.807) is 19.1 Å². The van der Waals surface area contributed by atoms with Gasteiger partial charge in [-0.3, -0.25) is 9.59 Å². The van der Waals surface area contributed by atoms with Crippen LogP contribution >= 0.6 is 0 Å². The quantitative estimate of drug-likeness (QED) is 0.394. The zero-order valence-electron chi connectivity index (χ0n) is 15.9. The molecule has 3 aromatic rings. The van der Waals surface area contributed by atoms with E-state index in [2.05, 4.69) is 10.3 Å². The zero-order valence-corrected chi connectivity index (χ0v) is 15.9. The third kappa shape index (κ3) is 2.35. The van der Waals surface area contributed by atoms with Gasteiger partial charge < -0.3 is 19.7 Å². The van der Waals surface area contributed by atoms with Crippen molar-refractivity contribution in [2.45, 2.75) is 32.1 Å². The Bertz CT molecular complexity index is 1330. The summed E-state index contributed by atoms with van der Waals surface area (Å²) >= 11 is 0. The van der Waals surface area contributed by atoms with Crippen molar-refractivity contribution in [2.75, 3.05) is 5.32 Å². The molecule has 0 spiro atoms. The number of aliphatic hydroxyl groups is 1. The van der Waals surface area contributed by atoms with Crippen LogP contribution in [0, 0.1) is 5.82 Å². The second kappa shape index (κ2) is 6.20. The van der Waals surface area contributed by atoms with Gasteiger partial charge in [-0.15, -0.1) is 0 Å². The summed E-state index contributed by atoms with van der Waals surface area (Å²) in [5.41, 5.74) is 0.257. The molecule has 0 bridgehead atoms. The minimum Gasteiger partial charge on any atom is -0.458 e. The predicted molar refractivity (Wildman–Crippen MR) is 104 cm³/mol. The number of carbonyl (C=O) groups is 2. The first kappa shape index (κ1) is 18.4. The van der Waals surface area contributed by atoms with E-state index in [1.807, 2.05) is 0 Å². The van der Waals surface area contributed by atoms with E-state index in [0.29, 0.717) is 28.7 Å². The summed E-state index contributed by atoms with van der Waals surface area (Å²) in [5.74, 6) is -1.42. The fourth-order valence-electron chi connectivity index (χ4n) is 4.18. The van der Waals surface area contributed by atoms with Crippen molar-refractivity contribution in [1.29, 1.82) is 0 Å². The summed E-state index contributed by atoms with van der Waals surface area (Å²) in [5, 5.41) is 13.8. The summed E-state index contributed by atoms with van der Waals surface area (Å²) in [7, 11) is 0. The minimum atomic E-state index is -1.90. The Morgan fingerprint density at radius 3 is 2.87 bits per heavy atom. The largest absolute Gasteiger partial charge is 0.458 e. The lowest BCUT2D eigenvalue weighted by Crippen LogP contribution is -2.44. The molecule has 1 atom stereocenters. The highest BCUT2D eigenvalue weighted by Crippen LogP contribution is 2.38. The Morgan fingerprint density at radius 1 is 1.33 bits per heavy atom. The van der Waals surface area contributed by atoms with Crippen molar-refractivity contribution in [3.8, 4) is 11.4 Å². The molecule has 0 saturated carbocycles. The second-order valence-corrected chi connectivity index (χ2v) is 7.39. The number of hydrogen-bond acceptors (Lipinski definition) is 6. The molecule has 1 aromatic carbocycles. The van der Waals surface area contributed by atoms with E-state index in [0.717, 1.165) is 5.56 Å². The van der Waals surface area contributed by atoms with E-state index < -0.39 is 17.4 Å². The van der Waals surface area contributed by atoms with Crippen LogP contribution in [-0.2, 0) is 33.1 Å². The number of benzene rings is 1. The van der Waals surface area contributed by atoms with Crippen LogP contribution in [0.3, 0.4) is 0 Å². The Morgan fingerprint density at radius 2 is 2.13 bits per heavy atom. The highest BCUT2D eigenvalue weighted by atomic mass is 19.1. The van der Waals surface area contributed by atoms with Gasteiger partial charge in [0, 0.05) is 22.6 Å². The van der Waals surface area contributed by atoms with Crippen LogP contribution in [0.15, 0.2) is 29.1 Å². The van der Waals surface area contributed by atoms with Gasteiger partial charge in [-0.1, -0.05) is 6.92 Å². The lowest BCUT2D eigenvalue weighted by molar-refractivity contribution is -0.172. The molecule has 5 rings (SSSR count). The molecule has 152 valence electrons. The monoisotopic (exact) mass is 409 g/mol. The molecule has 4 heterocycles. The number of nitrogens with one attached hydrogen (secondary N) is 1. The van der Waals surface area contributed by atoms with Crippen molar-refractivity contribution in [2.24, 2.45) is 0 Å². The molecule has 2 aromatic heterocycles. The zero-order chi connectivity index (χ0) is 21.2. The van der Waals surface area contributed by atoms with Gasteiger partial charge in [-0.2, -0.15) is 0 Å². The highest BCUT2D eigenvalue weighted by molar-refractivity contribution is 5.89. The van der Waals surface area contributed by atoms with Gasteiger partial charge in [0.2, 0.25) is 6.41 Å². The summed E-state index contributed by atoms with van der Waals surface area (Å²) in [4.78, 5) is 40.5. The Balaban J connectivity index is 1.75. The lowest BCUT2D eigenvalue weighted by atomic mass is 9.86. The van der Waals surface area contributed by atoms with Gasteiger partial charge in [-0.25, -0.2) is 14.2 Å². The first-order chi connectivity index (χ1) is 14.4. The van der Waals surface area contributed by atoms with Gasteiger partial charge in [0.05, 0.1) is 34.7 Å². The summed E-state index contributed by atoms with van der Waals surface area (Å²) in [6.45, 7) is 1.67. The number of aromatic nitrogens is 2. The summed E-state index contributed by atoms with van der Waals surface area (Å²) in [6.07, 6.45) is 0.445. The molecule has 2 aliphatic rings. The molecule has 2 aliphatic heterocycles. The third-order valence-electron chi connectivity index (χ3n) is 5.81. The van der Waals surface area contributed by atoms with Gasteiger partial charge >= 0.3 is 5.97 Å². The number of halogens is 1. The van der Waals surface area contributed by atoms with E-state index in [-0.39, 0.29) is 41.9 Å². The van der Waals surface area contributed by atoms with Crippen LogP contribution in [0.25, 0.3) is 22.3 Å².